The van der Waals surface area contributed by atoms with Crippen LogP contribution in [0.15, 0.2) is 12.4 Å². The summed E-state index contributed by atoms with van der Waals surface area (Å²) in [4.78, 5) is 25.6. The van der Waals surface area contributed by atoms with Gasteiger partial charge in [-0.15, -0.1) is 0 Å². The first-order valence-corrected chi connectivity index (χ1v) is 8.60. The zero-order valence-electron chi connectivity index (χ0n) is 13.5. The van der Waals surface area contributed by atoms with Gasteiger partial charge in [-0.25, -0.2) is 9.97 Å². The minimum atomic E-state index is 0.0291. The molecular formula is C17H26N4O. The molecule has 1 aromatic rings. The molecule has 0 radical (unpaired) electrons. The van der Waals surface area contributed by atoms with E-state index in [0.29, 0.717) is 11.6 Å². The molecule has 1 atom stereocenters. The number of carbonyl (C=O) groups excluding carboxylic acids is 1. The van der Waals surface area contributed by atoms with Gasteiger partial charge >= 0.3 is 0 Å². The van der Waals surface area contributed by atoms with Crippen LogP contribution in [0.4, 0.5) is 5.82 Å². The number of aromatic nitrogens is 2. The fourth-order valence-electron chi connectivity index (χ4n) is 3.43. The maximum absolute atomic E-state index is 12.5. The summed E-state index contributed by atoms with van der Waals surface area (Å²) in [5.74, 6) is 1.52. The van der Waals surface area contributed by atoms with Gasteiger partial charge in [-0.2, -0.15) is 0 Å². The fourth-order valence-corrected chi connectivity index (χ4v) is 3.43. The Bertz CT molecular complexity index is 494. The summed E-state index contributed by atoms with van der Waals surface area (Å²) in [6, 6.07) is 0. The maximum Gasteiger partial charge on any atom is 0.274 e. The van der Waals surface area contributed by atoms with Gasteiger partial charge in [-0.3, -0.25) is 4.79 Å². The van der Waals surface area contributed by atoms with Crippen molar-refractivity contribution >= 4 is 11.7 Å². The van der Waals surface area contributed by atoms with Crippen molar-refractivity contribution in [2.45, 2.75) is 45.4 Å². The molecule has 0 saturated carbocycles. The SMILES string of the molecule is CC1CCCN(C(=O)c2cnc(N3CCCCCC3)cn2)C1. The van der Waals surface area contributed by atoms with Crippen LogP contribution in [-0.4, -0.2) is 47.0 Å². The number of amides is 1. The van der Waals surface area contributed by atoms with E-state index in [2.05, 4.69) is 21.8 Å². The molecule has 0 aromatic carbocycles. The van der Waals surface area contributed by atoms with Crippen molar-refractivity contribution in [2.75, 3.05) is 31.1 Å². The number of rotatable bonds is 2. The predicted molar refractivity (Wildman–Crippen MR) is 87.0 cm³/mol. The Kier molecular flexibility index (Phi) is 4.90. The van der Waals surface area contributed by atoms with E-state index in [1.165, 1.54) is 32.1 Å². The summed E-state index contributed by atoms with van der Waals surface area (Å²) in [7, 11) is 0. The van der Waals surface area contributed by atoms with E-state index in [4.69, 9.17) is 0 Å². The van der Waals surface area contributed by atoms with Crippen LogP contribution in [0, 0.1) is 5.92 Å². The van der Waals surface area contributed by atoms with Crippen LogP contribution in [0.5, 0.6) is 0 Å². The molecule has 1 aromatic heterocycles. The standard InChI is InChI=1S/C17H26N4O/c1-14-7-6-10-21(13-14)17(22)15-11-19-16(12-18-15)20-8-4-2-3-5-9-20/h11-12,14H,2-10,13H2,1H3. The van der Waals surface area contributed by atoms with Gasteiger partial charge in [-0.1, -0.05) is 19.8 Å². The Labute approximate surface area is 132 Å². The summed E-state index contributed by atoms with van der Waals surface area (Å²) in [6.07, 6.45) is 10.8. The maximum atomic E-state index is 12.5. The van der Waals surface area contributed by atoms with Gasteiger partial charge in [0.2, 0.25) is 0 Å². The van der Waals surface area contributed by atoms with Gasteiger partial charge in [0.15, 0.2) is 0 Å². The van der Waals surface area contributed by atoms with E-state index >= 15 is 0 Å². The van der Waals surface area contributed by atoms with Crippen molar-refractivity contribution in [3.63, 3.8) is 0 Å². The van der Waals surface area contributed by atoms with Crippen LogP contribution < -0.4 is 4.90 Å². The highest BCUT2D eigenvalue weighted by Crippen LogP contribution is 2.19. The fraction of sp³-hybridized carbons (Fsp3) is 0.706. The van der Waals surface area contributed by atoms with Gasteiger partial charge in [0, 0.05) is 26.2 Å². The summed E-state index contributed by atoms with van der Waals surface area (Å²) < 4.78 is 0. The van der Waals surface area contributed by atoms with Gasteiger partial charge in [0.25, 0.3) is 5.91 Å². The summed E-state index contributed by atoms with van der Waals surface area (Å²) >= 11 is 0. The average Bonchev–Trinajstić information content (AvgIpc) is 2.84. The van der Waals surface area contributed by atoms with Crippen LogP contribution in [0.3, 0.4) is 0 Å². The number of anilines is 1. The minimum Gasteiger partial charge on any atom is -0.355 e. The molecule has 2 saturated heterocycles. The van der Waals surface area contributed by atoms with Crippen molar-refractivity contribution in [1.82, 2.24) is 14.9 Å². The molecule has 0 spiro atoms. The lowest BCUT2D eigenvalue weighted by Crippen LogP contribution is -2.39. The molecule has 2 aliphatic rings. The quantitative estimate of drug-likeness (QED) is 0.843. The highest BCUT2D eigenvalue weighted by Gasteiger charge is 2.23. The highest BCUT2D eigenvalue weighted by atomic mass is 16.2. The minimum absolute atomic E-state index is 0.0291. The van der Waals surface area contributed by atoms with Crippen molar-refractivity contribution in [3.8, 4) is 0 Å². The molecule has 0 bridgehead atoms. The molecule has 5 heteroatoms. The molecule has 3 rings (SSSR count). The van der Waals surface area contributed by atoms with E-state index in [1.54, 1.807) is 12.4 Å². The molecule has 2 aliphatic heterocycles. The first kappa shape index (κ1) is 15.3. The zero-order valence-corrected chi connectivity index (χ0v) is 13.5. The predicted octanol–water partition coefficient (Wildman–Crippen LogP) is 2.73. The van der Waals surface area contributed by atoms with E-state index < -0.39 is 0 Å². The largest absolute Gasteiger partial charge is 0.355 e. The van der Waals surface area contributed by atoms with E-state index in [-0.39, 0.29) is 5.91 Å². The molecule has 3 heterocycles. The Hall–Kier alpha value is -1.65. The van der Waals surface area contributed by atoms with E-state index in [1.807, 2.05) is 4.90 Å². The third-order valence-electron chi connectivity index (χ3n) is 4.73. The number of carbonyl (C=O) groups is 1. The van der Waals surface area contributed by atoms with Crippen molar-refractivity contribution in [2.24, 2.45) is 5.92 Å². The van der Waals surface area contributed by atoms with Gasteiger partial charge in [-0.05, 0) is 31.6 Å². The highest BCUT2D eigenvalue weighted by molar-refractivity contribution is 5.92. The summed E-state index contributed by atoms with van der Waals surface area (Å²) in [5, 5.41) is 0. The van der Waals surface area contributed by atoms with Crippen molar-refractivity contribution < 1.29 is 4.79 Å². The van der Waals surface area contributed by atoms with Gasteiger partial charge in [0.05, 0.1) is 12.4 Å². The molecule has 120 valence electrons. The van der Waals surface area contributed by atoms with E-state index in [9.17, 15) is 4.79 Å². The van der Waals surface area contributed by atoms with Gasteiger partial charge in [0.1, 0.15) is 11.5 Å². The molecule has 0 N–H and O–H groups in total. The van der Waals surface area contributed by atoms with Crippen LogP contribution in [0.1, 0.15) is 55.9 Å². The smallest absolute Gasteiger partial charge is 0.274 e. The number of nitrogens with zero attached hydrogens (tertiary/aromatic N) is 4. The number of hydrogen-bond acceptors (Lipinski definition) is 4. The van der Waals surface area contributed by atoms with Crippen molar-refractivity contribution in [3.05, 3.63) is 18.1 Å². The monoisotopic (exact) mass is 302 g/mol. The Morgan fingerprint density at radius 3 is 2.45 bits per heavy atom. The second-order valence-electron chi connectivity index (χ2n) is 6.66. The first-order valence-electron chi connectivity index (χ1n) is 8.60. The van der Waals surface area contributed by atoms with Crippen LogP contribution >= 0.6 is 0 Å². The number of likely N-dealkylation sites (tertiary alicyclic amines) is 1. The Morgan fingerprint density at radius 1 is 1.05 bits per heavy atom. The molecule has 1 unspecified atom stereocenters. The number of hydrogen-bond donors (Lipinski definition) is 0. The average molecular weight is 302 g/mol. The van der Waals surface area contributed by atoms with Crippen LogP contribution in [0.2, 0.25) is 0 Å². The second-order valence-corrected chi connectivity index (χ2v) is 6.66. The molecule has 1 amide bonds. The third-order valence-corrected chi connectivity index (χ3v) is 4.73. The lowest BCUT2D eigenvalue weighted by atomic mass is 10.0. The lowest BCUT2D eigenvalue weighted by Gasteiger charge is -2.30. The van der Waals surface area contributed by atoms with Gasteiger partial charge < -0.3 is 9.80 Å². The molecular weight excluding hydrogens is 276 g/mol. The van der Waals surface area contributed by atoms with Crippen molar-refractivity contribution in [1.29, 1.82) is 0 Å². The topological polar surface area (TPSA) is 49.3 Å². The molecule has 0 aliphatic carbocycles. The first-order chi connectivity index (χ1) is 10.7. The van der Waals surface area contributed by atoms with Crippen LogP contribution in [-0.2, 0) is 0 Å². The van der Waals surface area contributed by atoms with Crippen LogP contribution in [0.25, 0.3) is 0 Å². The molecule has 2 fully saturated rings. The third kappa shape index (κ3) is 3.57. The Balaban J connectivity index is 1.66. The van der Waals surface area contributed by atoms with E-state index in [0.717, 1.165) is 38.4 Å². The molecule has 5 nitrogen and oxygen atoms in total. The zero-order chi connectivity index (χ0) is 15.4. The molecule has 22 heavy (non-hydrogen) atoms. The summed E-state index contributed by atoms with van der Waals surface area (Å²) in [6.45, 7) is 5.98. The summed E-state index contributed by atoms with van der Waals surface area (Å²) in [5.41, 5.74) is 0.479. The Morgan fingerprint density at radius 2 is 1.82 bits per heavy atom. The second kappa shape index (κ2) is 7.07. The lowest BCUT2D eigenvalue weighted by molar-refractivity contribution is 0.0676. The number of piperidine rings is 1. The normalized spacial score (nSPS) is 23.2.